The second-order valence-corrected chi connectivity index (χ2v) is 10.3. The number of nitrogens with one attached hydrogen (secondary N) is 2. The van der Waals surface area contributed by atoms with Crippen molar-refractivity contribution in [2.45, 2.75) is 17.4 Å². The van der Waals surface area contributed by atoms with Gasteiger partial charge in [0.25, 0.3) is 5.91 Å². The molecule has 0 radical (unpaired) electrons. The Bertz CT molecular complexity index is 1340. The molecule has 3 heterocycles. The van der Waals surface area contributed by atoms with Gasteiger partial charge in [-0.15, -0.1) is 0 Å². The molecule has 0 spiro atoms. The van der Waals surface area contributed by atoms with Gasteiger partial charge in [-0.05, 0) is 18.2 Å². The number of pyridine rings is 1. The predicted octanol–water partition coefficient (Wildman–Crippen LogP) is 1.77. The molecule has 1 aliphatic rings. The third-order valence-corrected chi connectivity index (χ3v) is 7.45. The van der Waals surface area contributed by atoms with Crippen LogP contribution in [0, 0.1) is 0 Å². The molecular formula is C22H25N5O7S2. The SMILES string of the molecule is COCCNS(=O)(=O)c1ccc(/C(=N\O[C@@H]2CCOC2)C(=O)Nc2nc3ccc(OC)nc3s2)cc1. The lowest BCUT2D eigenvalue weighted by Crippen LogP contribution is -2.27. The molecule has 1 atom stereocenters. The number of aromatic nitrogens is 2. The van der Waals surface area contributed by atoms with Gasteiger partial charge in [0.15, 0.2) is 16.9 Å². The zero-order valence-electron chi connectivity index (χ0n) is 19.6. The fourth-order valence-corrected chi connectivity index (χ4v) is 5.06. The number of nitrogens with zero attached hydrogens (tertiary/aromatic N) is 3. The van der Waals surface area contributed by atoms with Crippen LogP contribution in [0.4, 0.5) is 5.13 Å². The summed E-state index contributed by atoms with van der Waals surface area (Å²) in [5.41, 5.74) is 0.927. The average Bonchev–Trinajstić information content (AvgIpc) is 3.53. The summed E-state index contributed by atoms with van der Waals surface area (Å²) in [6.45, 7) is 1.29. The molecule has 0 bridgehead atoms. The van der Waals surface area contributed by atoms with Crippen molar-refractivity contribution < 1.29 is 32.3 Å². The van der Waals surface area contributed by atoms with Crippen molar-refractivity contribution in [2.24, 2.45) is 5.16 Å². The number of oxime groups is 1. The molecule has 1 saturated heterocycles. The van der Waals surface area contributed by atoms with Gasteiger partial charge >= 0.3 is 0 Å². The molecule has 1 aromatic carbocycles. The normalized spacial score (nSPS) is 16.3. The van der Waals surface area contributed by atoms with Crippen LogP contribution in [0.15, 0.2) is 46.4 Å². The molecule has 3 aromatic rings. The molecule has 1 fully saturated rings. The monoisotopic (exact) mass is 535 g/mol. The van der Waals surface area contributed by atoms with Crippen LogP contribution in [0.5, 0.6) is 5.88 Å². The van der Waals surface area contributed by atoms with E-state index in [0.717, 1.165) is 0 Å². The Labute approximate surface area is 211 Å². The highest BCUT2D eigenvalue weighted by Gasteiger charge is 2.22. The van der Waals surface area contributed by atoms with Crippen molar-refractivity contribution in [3.63, 3.8) is 0 Å². The molecule has 2 N–H and O–H groups in total. The number of hydrogen-bond donors (Lipinski definition) is 2. The summed E-state index contributed by atoms with van der Waals surface area (Å²) >= 11 is 1.18. The number of anilines is 1. The Hall–Kier alpha value is -3.17. The molecule has 0 aliphatic carbocycles. The Kier molecular flexibility index (Phi) is 8.43. The Morgan fingerprint density at radius 3 is 2.69 bits per heavy atom. The van der Waals surface area contributed by atoms with Gasteiger partial charge in [0.2, 0.25) is 15.9 Å². The van der Waals surface area contributed by atoms with E-state index in [2.05, 4.69) is 25.2 Å². The lowest BCUT2D eigenvalue weighted by atomic mass is 10.1. The van der Waals surface area contributed by atoms with Crippen molar-refractivity contribution in [2.75, 3.05) is 45.9 Å². The maximum absolute atomic E-state index is 13.2. The number of methoxy groups -OCH3 is 2. The van der Waals surface area contributed by atoms with Crippen LogP contribution in [-0.2, 0) is 29.1 Å². The van der Waals surface area contributed by atoms with Crippen LogP contribution in [0.2, 0.25) is 0 Å². The lowest BCUT2D eigenvalue weighted by Gasteiger charge is -2.11. The average molecular weight is 536 g/mol. The summed E-state index contributed by atoms with van der Waals surface area (Å²) in [6.07, 6.45) is 0.366. The summed E-state index contributed by atoms with van der Waals surface area (Å²) in [5.74, 6) is -0.140. The van der Waals surface area contributed by atoms with E-state index in [1.807, 2.05) is 0 Å². The molecule has 4 rings (SSSR count). The zero-order valence-corrected chi connectivity index (χ0v) is 21.2. The van der Waals surface area contributed by atoms with E-state index in [9.17, 15) is 13.2 Å². The van der Waals surface area contributed by atoms with E-state index in [0.29, 0.717) is 46.6 Å². The Morgan fingerprint density at radius 2 is 2.00 bits per heavy atom. The fourth-order valence-electron chi connectivity index (χ4n) is 3.23. The summed E-state index contributed by atoms with van der Waals surface area (Å²) in [4.78, 5) is 28.1. The van der Waals surface area contributed by atoms with E-state index in [1.165, 1.54) is 49.8 Å². The quantitative estimate of drug-likeness (QED) is 0.213. The molecule has 2 aromatic heterocycles. The highest BCUT2D eigenvalue weighted by molar-refractivity contribution is 7.89. The van der Waals surface area contributed by atoms with Gasteiger partial charge in [0.1, 0.15) is 10.3 Å². The third kappa shape index (κ3) is 6.33. The van der Waals surface area contributed by atoms with Gasteiger partial charge in [0.05, 0.1) is 31.8 Å². The van der Waals surface area contributed by atoms with Gasteiger partial charge in [-0.3, -0.25) is 10.1 Å². The summed E-state index contributed by atoms with van der Waals surface area (Å²) in [5, 5.41) is 7.13. The zero-order chi connectivity index (χ0) is 25.5. The van der Waals surface area contributed by atoms with Gasteiger partial charge in [-0.25, -0.2) is 23.1 Å². The van der Waals surface area contributed by atoms with Crippen molar-refractivity contribution in [1.82, 2.24) is 14.7 Å². The molecule has 14 heteroatoms. The van der Waals surface area contributed by atoms with E-state index < -0.39 is 15.9 Å². The van der Waals surface area contributed by atoms with Crippen LogP contribution in [0.3, 0.4) is 0 Å². The molecule has 1 aliphatic heterocycles. The van der Waals surface area contributed by atoms with Crippen molar-refractivity contribution in [1.29, 1.82) is 0 Å². The number of carbonyl (C=O) groups is 1. The highest BCUT2D eigenvalue weighted by atomic mass is 32.2. The Morgan fingerprint density at radius 1 is 1.19 bits per heavy atom. The topological polar surface area (TPSA) is 150 Å². The van der Waals surface area contributed by atoms with Crippen LogP contribution in [0.1, 0.15) is 12.0 Å². The van der Waals surface area contributed by atoms with E-state index >= 15 is 0 Å². The minimum atomic E-state index is -3.73. The number of sulfonamides is 1. The third-order valence-electron chi connectivity index (χ3n) is 5.09. The largest absolute Gasteiger partial charge is 0.481 e. The Balaban J connectivity index is 1.56. The van der Waals surface area contributed by atoms with Gasteiger partial charge < -0.3 is 19.0 Å². The van der Waals surface area contributed by atoms with Crippen LogP contribution in [-0.4, -0.2) is 76.7 Å². The maximum atomic E-state index is 13.2. The molecule has 0 saturated carbocycles. The van der Waals surface area contributed by atoms with Crippen LogP contribution >= 0.6 is 11.3 Å². The number of carbonyl (C=O) groups excluding carboxylic acids is 1. The standard InChI is InChI=1S/C22H25N5O7S2/c1-31-12-10-23-36(29,30)16-5-3-14(4-6-16)19(27-34-15-9-11-33-13-15)20(28)26-22-24-17-7-8-18(32-2)25-21(17)35-22/h3-8,15,23H,9-13H2,1-2H3,(H,24,26,28)/b27-19+/t15-/m1/s1. The molecule has 0 unspecified atom stereocenters. The van der Waals surface area contributed by atoms with Crippen LogP contribution < -0.4 is 14.8 Å². The molecule has 1 amide bonds. The fraction of sp³-hybridized carbons (Fsp3) is 0.364. The smallest absolute Gasteiger partial charge is 0.280 e. The number of ether oxygens (including phenoxy) is 3. The molecule has 36 heavy (non-hydrogen) atoms. The van der Waals surface area contributed by atoms with E-state index in [-0.39, 0.29) is 29.9 Å². The van der Waals surface area contributed by atoms with Gasteiger partial charge in [0, 0.05) is 31.7 Å². The number of hydrogen-bond acceptors (Lipinski definition) is 11. The number of thiazole rings is 1. The first kappa shape index (κ1) is 25.9. The van der Waals surface area contributed by atoms with Gasteiger partial charge in [-0.1, -0.05) is 28.6 Å². The minimum Gasteiger partial charge on any atom is -0.481 e. The first-order chi connectivity index (χ1) is 17.4. The van der Waals surface area contributed by atoms with Crippen molar-refractivity contribution >= 4 is 48.5 Å². The summed E-state index contributed by atoms with van der Waals surface area (Å²) in [6, 6.07) is 9.17. The number of amides is 1. The first-order valence-corrected chi connectivity index (χ1v) is 13.2. The maximum Gasteiger partial charge on any atom is 0.280 e. The van der Waals surface area contributed by atoms with Crippen molar-refractivity contribution in [3.8, 4) is 5.88 Å². The number of fused-ring (bicyclic) bond motifs is 1. The molecular weight excluding hydrogens is 510 g/mol. The molecule has 192 valence electrons. The van der Waals surface area contributed by atoms with E-state index in [4.69, 9.17) is 19.0 Å². The lowest BCUT2D eigenvalue weighted by molar-refractivity contribution is -0.110. The molecule has 12 nitrogen and oxygen atoms in total. The van der Waals surface area contributed by atoms with Gasteiger partial charge in [-0.2, -0.15) is 0 Å². The first-order valence-electron chi connectivity index (χ1n) is 10.9. The predicted molar refractivity (Wildman–Crippen MR) is 133 cm³/mol. The highest BCUT2D eigenvalue weighted by Crippen LogP contribution is 2.26. The van der Waals surface area contributed by atoms with Crippen molar-refractivity contribution in [3.05, 3.63) is 42.0 Å². The number of benzene rings is 1. The van der Waals surface area contributed by atoms with E-state index in [1.54, 1.807) is 12.1 Å². The summed E-state index contributed by atoms with van der Waals surface area (Å²) in [7, 11) is -0.735. The summed E-state index contributed by atoms with van der Waals surface area (Å²) < 4.78 is 42.7. The number of rotatable bonds is 11. The van der Waals surface area contributed by atoms with Crippen LogP contribution in [0.25, 0.3) is 10.3 Å². The second kappa shape index (κ2) is 11.7. The second-order valence-electron chi connectivity index (χ2n) is 7.60. The minimum absolute atomic E-state index is 0.0389.